The molecule has 1 aliphatic heterocycles. The van der Waals surface area contributed by atoms with Gasteiger partial charge in [-0.15, -0.1) is 0 Å². The Morgan fingerprint density at radius 1 is 1.38 bits per heavy atom. The smallest absolute Gasteiger partial charge is 0.257 e. The van der Waals surface area contributed by atoms with Crippen molar-refractivity contribution >= 4 is 17.5 Å². The Bertz CT molecular complexity index is 536. The first-order chi connectivity index (χ1) is 10.0. The number of carbonyl (C=O) groups excluding carboxylic acids is 2. The third-order valence-electron chi connectivity index (χ3n) is 3.33. The van der Waals surface area contributed by atoms with E-state index in [1.54, 1.807) is 32.3 Å². The Hall–Kier alpha value is -2.08. The number of nitrogens with zero attached hydrogens (tertiary/aromatic N) is 1. The van der Waals surface area contributed by atoms with Crippen molar-refractivity contribution in [2.45, 2.75) is 18.9 Å². The second-order valence-electron chi connectivity index (χ2n) is 5.11. The minimum atomic E-state index is -0.403. The van der Waals surface area contributed by atoms with Crippen molar-refractivity contribution in [1.82, 2.24) is 4.90 Å². The first kappa shape index (κ1) is 15.3. The molecule has 0 aliphatic carbocycles. The maximum atomic E-state index is 12.1. The molecule has 1 saturated heterocycles. The van der Waals surface area contributed by atoms with Crippen molar-refractivity contribution < 1.29 is 19.1 Å². The number of methoxy groups -OCH3 is 1. The van der Waals surface area contributed by atoms with Gasteiger partial charge in [-0.25, -0.2) is 0 Å². The zero-order valence-corrected chi connectivity index (χ0v) is 12.5. The van der Waals surface area contributed by atoms with Crippen molar-refractivity contribution in [2.75, 3.05) is 33.1 Å². The van der Waals surface area contributed by atoms with E-state index in [1.807, 2.05) is 0 Å². The van der Waals surface area contributed by atoms with Crippen LogP contribution in [0, 0.1) is 0 Å². The molecule has 1 N–H and O–H groups in total. The zero-order valence-electron chi connectivity index (χ0n) is 12.5. The minimum absolute atomic E-state index is 0.180. The molecular weight excluding hydrogens is 272 g/mol. The van der Waals surface area contributed by atoms with Crippen molar-refractivity contribution in [2.24, 2.45) is 0 Å². The molecule has 1 aromatic rings. The maximum Gasteiger partial charge on any atom is 0.257 e. The van der Waals surface area contributed by atoms with E-state index in [0.717, 1.165) is 12.8 Å². The molecule has 1 unspecified atom stereocenters. The lowest BCUT2D eigenvalue weighted by atomic mass is 10.1. The molecule has 2 rings (SSSR count). The second-order valence-corrected chi connectivity index (χ2v) is 5.11. The van der Waals surface area contributed by atoms with Crippen LogP contribution < -0.4 is 10.1 Å². The van der Waals surface area contributed by atoms with E-state index in [1.165, 1.54) is 12.0 Å². The summed E-state index contributed by atoms with van der Waals surface area (Å²) < 4.78 is 10.5. The van der Waals surface area contributed by atoms with Gasteiger partial charge in [-0.2, -0.15) is 0 Å². The van der Waals surface area contributed by atoms with E-state index in [-0.39, 0.29) is 11.8 Å². The summed E-state index contributed by atoms with van der Waals surface area (Å²) in [5.74, 6) is 0.116. The topological polar surface area (TPSA) is 67.9 Å². The summed E-state index contributed by atoms with van der Waals surface area (Å²) in [6, 6.07) is 4.99. The van der Waals surface area contributed by atoms with E-state index in [2.05, 4.69) is 5.32 Å². The normalized spacial score (nSPS) is 17.4. The van der Waals surface area contributed by atoms with Gasteiger partial charge in [0.1, 0.15) is 11.9 Å². The van der Waals surface area contributed by atoms with Crippen LogP contribution in [0.1, 0.15) is 23.2 Å². The maximum absolute atomic E-state index is 12.1. The molecule has 0 spiro atoms. The Morgan fingerprint density at radius 3 is 2.71 bits per heavy atom. The third-order valence-corrected chi connectivity index (χ3v) is 3.33. The van der Waals surface area contributed by atoms with Gasteiger partial charge in [-0.1, -0.05) is 0 Å². The molecule has 21 heavy (non-hydrogen) atoms. The first-order valence-electron chi connectivity index (χ1n) is 6.85. The predicted octanol–water partition coefficient (Wildman–Crippen LogP) is 1.51. The summed E-state index contributed by atoms with van der Waals surface area (Å²) in [5, 5.41) is 2.78. The molecule has 6 nitrogen and oxygen atoms in total. The summed E-state index contributed by atoms with van der Waals surface area (Å²) >= 11 is 0. The predicted molar refractivity (Wildman–Crippen MR) is 78.6 cm³/mol. The standard InChI is InChI=1S/C15H20N2O4/c1-17(2)15(19)11-9-10(6-7-12(11)20-3)16-14(18)13-5-4-8-21-13/h6-7,9,13H,4-5,8H2,1-3H3,(H,16,18). The van der Waals surface area contributed by atoms with E-state index < -0.39 is 6.10 Å². The molecule has 0 bridgehead atoms. The molecule has 0 radical (unpaired) electrons. The summed E-state index contributed by atoms with van der Waals surface area (Å²) in [6.45, 7) is 0.616. The van der Waals surface area contributed by atoms with Gasteiger partial charge in [0.25, 0.3) is 11.8 Å². The van der Waals surface area contributed by atoms with Gasteiger partial charge in [-0.3, -0.25) is 9.59 Å². The van der Waals surface area contributed by atoms with Crippen LogP contribution >= 0.6 is 0 Å². The molecule has 0 saturated carbocycles. The lowest BCUT2D eigenvalue weighted by Gasteiger charge is -2.16. The van der Waals surface area contributed by atoms with Crippen molar-refractivity contribution in [1.29, 1.82) is 0 Å². The highest BCUT2D eigenvalue weighted by Gasteiger charge is 2.24. The number of hydrogen-bond donors (Lipinski definition) is 1. The quantitative estimate of drug-likeness (QED) is 0.913. The second kappa shape index (κ2) is 6.58. The SMILES string of the molecule is COc1ccc(NC(=O)C2CCCO2)cc1C(=O)N(C)C. The number of anilines is 1. The van der Waals surface area contributed by atoms with E-state index in [0.29, 0.717) is 23.6 Å². The van der Waals surface area contributed by atoms with Crippen LogP contribution in [0.25, 0.3) is 0 Å². The van der Waals surface area contributed by atoms with Crippen molar-refractivity contribution in [3.8, 4) is 5.75 Å². The molecular formula is C15H20N2O4. The summed E-state index contributed by atoms with van der Waals surface area (Å²) in [6.07, 6.45) is 1.22. The van der Waals surface area contributed by atoms with Crippen LogP contribution in [0.15, 0.2) is 18.2 Å². The lowest BCUT2D eigenvalue weighted by Crippen LogP contribution is -2.27. The summed E-state index contributed by atoms with van der Waals surface area (Å²) in [7, 11) is 4.84. The van der Waals surface area contributed by atoms with Gasteiger partial charge >= 0.3 is 0 Å². The molecule has 2 amide bonds. The Balaban J connectivity index is 2.18. The highest BCUT2D eigenvalue weighted by atomic mass is 16.5. The minimum Gasteiger partial charge on any atom is -0.496 e. The molecule has 0 aromatic heterocycles. The van der Waals surface area contributed by atoms with Crippen LogP contribution in [0.5, 0.6) is 5.75 Å². The fourth-order valence-electron chi connectivity index (χ4n) is 2.20. The van der Waals surface area contributed by atoms with Crippen molar-refractivity contribution in [3.63, 3.8) is 0 Å². The van der Waals surface area contributed by atoms with Gasteiger partial charge in [0.15, 0.2) is 0 Å². The molecule has 1 aliphatic rings. The van der Waals surface area contributed by atoms with Crippen LogP contribution in [-0.2, 0) is 9.53 Å². The average Bonchev–Trinajstić information content (AvgIpc) is 3.00. The van der Waals surface area contributed by atoms with Gasteiger partial charge < -0.3 is 19.7 Å². The Morgan fingerprint density at radius 2 is 2.14 bits per heavy atom. The largest absolute Gasteiger partial charge is 0.496 e. The zero-order chi connectivity index (χ0) is 15.4. The number of amides is 2. The average molecular weight is 292 g/mol. The van der Waals surface area contributed by atoms with Crippen LogP contribution in [0.2, 0.25) is 0 Å². The van der Waals surface area contributed by atoms with Gasteiger partial charge in [-0.05, 0) is 31.0 Å². The van der Waals surface area contributed by atoms with Crippen molar-refractivity contribution in [3.05, 3.63) is 23.8 Å². The lowest BCUT2D eigenvalue weighted by molar-refractivity contribution is -0.124. The Labute approximate surface area is 124 Å². The van der Waals surface area contributed by atoms with E-state index in [4.69, 9.17) is 9.47 Å². The molecule has 1 fully saturated rings. The number of rotatable bonds is 4. The Kier molecular flexibility index (Phi) is 4.80. The number of ether oxygens (including phenoxy) is 2. The van der Waals surface area contributed by atoms with E-state index >= 15 is 0 Å². The van der Waals surface area contributed by atoms with Gasteiger partial charge in [0.05, 0.1) is 12.7 Å². The fourth-order valence-corrected chi connectivity index (χ4v) is 2.20. The number of nitrogens with one attached hydrogen (secondary N) is 1. The third kappa shape index (κ3) is 3.52. The highest BCUT2D eigenvalue weighted by molar-refractivity contribution is 6.00. The number of hydrogen-bond acceptors (Lipinski definition) is 4. The molecule has 6 heteroatoms. The number of carbonyl (C=O) groups is 2. The first-order valence-corrected chi connectivity index (χ1v) is 6.85. The van der Waals surface area contributed by atoms with E-state index in [9.17, 15) is 9.59 Å². The van der Waals surface area contributed by atoms with Crippen LogP contribution in [0.4, 0.5) is 5.69 Å². The van der Waals surface area contributed by atoms with Gasteiger partial charge in [0, 0.05) is 26.4 Å². The number of benzene rings is 1. The summed E-state index contributed by atoms with van der Waals surface area (Å²) in [5.41, 5.74) is 0.967. The monoisotopic (exact) mass is 292 g/mol. The molecule has 1 heterocycles. The summed E-state index contributed by atoms with van der Waals surface area (Å²) in [4.78, 5) is 25.6. The van der Waals surface area contributed by atoms with Crippen LogP contribution in [-0.4, -0.2) is 50.6 Å². The van der Waals surface area contributed by atoms with Gasteiger partial charge in [0.2, 0.25) is 0 Å². The molecule has 1 atom stereocenters. The van der Waals surface area contributed by atoms with Crippen LogP contribution in [0.3, 0.4) is 0 Å². The fraction of sp³-hybridized carbons (Fsp3) is 0.467. The molecule has 1 aromatic carbocycles. The highest BCUT2D eigenvalue weighted by Crippen LogP contribution is 2.24. The molecule has 114 valence electrons.